The van der Waals surface area contributed by atoms with Gasteiger partial charge < -0.3 is 4.74 Å². The van der Waals surface area contributed by atoms with Crippen LogP contribution in [0.25, 0.3) is 11.4 Å². The van der Waals surface area contributed by atoms with Crippen LogP contribution in [0.15, 0.2) is 29.0 Å². The monoisotopic (exact) mass is 325 g/mol. The van der Waals surface area contributed by atoms with E-state index in [0.717, 1.165) is 31.6 Å². The molecule has 100 valence electrons. The molecule has 1 saturated heterocycles. The molecule has 0 amide bonds. The summed E-state index contributed by atoms with van der Waals surface area (Å²) in [6.45, 7) is 0.752. The lowest BCUT2D eigenvalue weighted by atomic mass is 10.2. The molecule has 3 heterocycles. The van der Waals surface area contributed by atoms with Gasteiger partial charge >= 0.3 is 0 Å². The first-order valence-corrected chi connectivity index (χ1v) is 7.01. The Morgan fingerprint density at radius 2 is 2.32 bits per heavy atom. The van der Waals surface area contributed by atoms with E-state index in [1.54, 1.807) is 6.20 Å². The van der Waals surface area contributed by atoms with Crippen molar-refractivity contribution in [3.8, 4) is 11.4 Å². The third-order valence-electron chi connectivity index (χ3n) is 3.15. The molecule has 0 radical (unpaired) electrons. The molecule has 1 atom stereocenters. The van der Waals surface area contributed by atoms with Crippen molar-refractivity contribution in [2.75, 3.05) is 6.61 Å². The fourth-order valence-corrected chi connectivity index (χ4v) is 2.78. The van der Waals surface area contributed by atoms with Crippen molar-refractivity contribution < 1.29 is 9.13 Å². The average molecular weight is 326 g/mol. The molecular formula is C13H13BrFN3O. The lowest BCUT2D eigenvalue weighted by Crippen LogP contribution is -2.20. The van der Waals surface area contributed by atoms with Gasteiger partial charge in [-0.15, -0.1) is 0 Å². The number of hydrogen-bond acceptors (Lipinski definition) is 3. The zero-order chi connectivity index (χ0) is 13.2. The molecule has 0 aliphatic carbocycles. The van der Waals surface area contributed by atoms with E-state index in [0.29, 0.717) is 10.2 Å². The molecular weight excluding hydrogens is 313 g/mol. The quantitative estimate of drug-likeness (QED) is 0.847. The van der Waals surface area contributed by atoms with Crippen LogP contribution in [-0.4, -0.2) is 21.4 Å². The fraction of sp³-hybridized carbons (Fsp3) is 0.385. The molecule has 1 aliphatic heterocycles. The molecule has 0 aromatic carbocycles. The van der Waals surface area contributed by atoms with Crippen LogP contribution in [-0.2, 0) is 4.74 Å². The van der Waals surface area contributed by atoms with E-state index in [9.17, 15) is 4.39 Å². The van der Waals surface area contributed by atoms with Gasteiger partial charge in [0.15, 0.2) is 6.23 Å². The largest absolute Gasteiger partial charge is 0.356 e. The number of halogens is 2. The first kappa shape index (κ1) is 12.7. The van der Waals surface area contributed by atoms with Gasteiger partial charge in [-0.3, -0.25) is 4.98 Å². The van der Waals surface area contributed by atoms with Gasteiger partial charge in [-0.05, 0) is 47.3 Å². The lowest BCUT2D eigenvalue weighted by molar-refractivity contribution is -0.0384. The van der Waals surface area contributed by atoms with Gasteiger partial charge in [0.2, 0.25) is 0 Å². The zero-order valence-corrected chi connectivity index (χ0v) is 11.8. The molecule has 1 aliphatic rings. The molecule has 3 rings (SSSR count). The van der Waals surface area contributed by atoms with Crippen LogP contribution in [0.3, 0.4) is 0 Å². The van der Waals surface area contributed by atoms with Crippen LogP contribution in [0, 0.1) is 5.82 Å². The summed E-state index contributed by atoms with van der Waals surface area (Å²) in [5.74, 6) is -0.365. The highest BCUT2D eigenvalue weighted by Crippen LogP contribution is 2.31. The highest BCUT2D eigenvalue weighted by atomic mass is 79.9. The van der Waals surface area contributed by atoms with Crippen molar-refractivity contribution in [2.24, 2.45) is 0 Å². The minimum atomic E-state index is -0.365. The maximum absolute atomic E-state index is 13.1. The van der Waals surface area contributed by atoms with Crippen LogP contribution in [0.5, 0.6) is 0 Å². The Hall–Kier alpha value is -1.27. The van der Waals surface area contributed by atoms with Crippen molar-refractivity contribution >= 4 is 15.9 Å². The van der Waals surface area contributed by atoms with E-state index in [2.05, 4.69) is 26.0 Å². The Kier molecular flexibility index (Phi) is 3.61. The Balaban J connectivity index is 1.99. The maximum atomic E-state index is 13.1. The smallest absolute Gasteiger partial charge is 0.150 e. The van der Waals surface area contributed by atoms with E-state index in [4.69, 9.17) is 4.74 Å². The van der Waals surface area contributed by atoms with Gasteiger partial charge in [-0.2, -0.15) is 5.10 Å². The summed E-state index contributed by atoms with van der Waals surface area (Å²) in [7, 11) is 0. The second-order valence-electron chi connectivity index (χ2n) is 4.47. The van der Waals surface area contributed by atoms with Gasteiger partial charge in [0.25, 0.3) is 0 Å². The molecule has 0 spiro atoms. The first-order valence-electron chi connectivity index (χ1n) is 6.22. The van der Waals surface area contributed by atoms with Crippen molar-refractivity contribution in [1.82, 2.24) is 14.8 Å². The van der Waals surface area contributed by atoms with Gasteiger partial charge in [0.1, 0.15) is 11.5 Å². The first-order chi connectivity index (χ1) is 9.25. The maximum Gasteiger partial charge on any atom is 0.150 e. The Morgan fingerprint density at radius 1 is 1.42 bits per heavy atom. The summed E-state index contributed by atoms with van der Waals surface area (Å²) < 4.78 is 21.3. The minimum absolute atomic E-state index is 0.0579. The predicted octanol–water partition coefficient (Wildman–Crippen LogP) is 3.55. The van der Waals surface area contributed by atoms with E-state index in [-0.39, 0.29) is 12.0 Å². The van der Waals surface area contributed by atoms with E-state index in [1.165, 1.54) is 12.3 Å². The standard InChI is InChI=1S/C13H13BrFN3O/c14-10-7-9(15)8-16-13(10)11-4-5-17-18(11)12-3-1-2-6-19-12/h4-5,7-8,12H,1-3,6H2. The molecule has 4 nitrogen and oxygen atoms in total. The normalized spacial score (nSPS) is 19.6. The van der Waals surface area contributed by atoms with Crippen molar-refractivity contribution in [3.63, 3.8) is 0 Å². The Bertz CT molecular complexity index is 581. The molecule has 0 saturated carbocycles. The van der Waals surface area contributed by atoms with Gasteiger partial charge in [-0.1, -0.05) is 0 Å². The van der Waals surface area contributed by atoms with Gasteiger partial charge in [0, 0.05) is 17.3 Å². The number of ether oxygens (including phenoxy) is 1. The van der Waals surface area contributed by atoms with E-state index >= 15 is 0 Å². The summed E-state index contributed by atoms with van der Waals surface area (Å²) in [6.07, 6.45) is 6.02. The Morgan fingerprint density at radius 3 is 3.05 bits per heavy atom. The third-order valence-corrected chi connectivity index (χ3v) is 3.75. The second kappa shape index (κ2) is 5.38. The Labute approximate surface area is 118 Å². The van der Waals surface area contributed by atoms with Crippen LogP contribution in [0.2, 0.25) is 0 Å². The highest BCUT2D eigenvalue weighted by molar-refractivity contribution is 9.10. The SMILES string of the molecule is Fc1cnc(-c2ccnn2C2CCCCO2)c(Br)c1. The molecule has 19 heavy (non-hydrogen) atoms. The van der Waals surface area contributed by atoms with Crippen LogP contribution in [0.4, 0.5) is 4.39 Å². The molecule has 0 bridgehead atoms. The number of rotatable bonds is 2. The summed E-state index contributed by atoms with van der Waals surface area (Å²) in [5.41, 5.74) is 1.51. The summed E-state index contributed by atoms with van der Waals surface area (Å²) in [4.78, 5) is 4.14. The van der Waals surface area contributed by atoms with E-state index in [1.807, 2.05) is 10.7 Å². The minimum Gasteiger partial charge on any atom is -0.356 e. The molecule has 6 heteroatoms. The third kappa shape index (κ3) is 2.55. The topological polar surface area (TPSA) is 39.9 Å². The van der Waals surface area contributed by atoms with Crippen LogP contribution < -0.4 is 0 Å². The summed E-state index contributed by atoms with van der Waals surface area (Å²) in [5, 5.41) is 4.32. The van der Waals surface area contributed by atoms with Crippen molar-refractivity contribution in [3.05, 3.63) is 34.8 Å². The molecule has 0 N–H and O–H groups in total. The second-order valence-corrected chi connectivity index (χ2v) is 5.32. The van der Waals surface area contributed by atoms with Gasteiger partial charge in [0.05, 0.1) is 11.9 Å². The predicted molar refractivity (Wildman–Crippen MR) is 72.0 cm³/mol. The lowest BCUT2D eigenvalue weighted by Gasteiger charge is -2.24. The molecule has 1 fully saturated rings. The number of aromatic nitrogens is 3. The van der Waals surface area contributed by atoms with E-state index < -0.39 is 0 Å². The molecule has 2 aromatic rings. The number of pyridine rings is 1. The van der Waals surface area contributed by atoms with Gasteiger partial charge in [-0.25, -0.2) is 9.07 Å². The fourth-order valence-electron chi connectivity index (χ4n) is 2.25. The molecule has 1 unspecified atom stereocenters. The van der Waals surface area contributed by atoms with Crippen LogP contribution >= 0.6 is 15.9 Å². The number of hydrogen-bond donors (Lipinski definition) is 0. The zero-order valence-electron chi connectivity index (χ0n) is 10.2. The van der Waals surface area contributed by atoms with Crippen molar-refractivity contribution in [1.29, 1.82) is 0 Å². The summed E-state index contributed by atoms with van der Waals surface area (Å²) >= 11 is 3.34. The number of nitrogens with zero attached hydrogens (tertiary/aromatic N) is 3. The molecule has 2 aromatic heterocycles. The summed E-state index contributed by atoms with van der Waals surface area (Å²) in [6, 6.07) is 3.27. The van der Waals surface area contributed by atoms with Crippen molar-refractivity contribution in [2.45, 2.75) is 25.5 Å². The average Bonchev–Trinajstić information content (AvgIpc) is 2.89. The highest BCUT2D eigenvalue weighted by Gasteiger charge is 2.21. The van der Waals surface area contributed by atoms with Crippen LogP contribution in [0.1, 0.15) is 25.5 Å².